The maximum Gasteiger partial charge on any atom is 0.311 e. The Morgan fingerprint density at radius 3 is 2.00 bits per heavy atom. The highest BCUT2D eigenvalue weighted by molar-refractivity contribution is 5.74. The molecule has 0 saturated carbocycles. The summed E-state index contributed by atoms with van der Waals surface area (Å²) in [6, 6.07) is 4.07. The molecule has 1 aromatic heterocycles. The Hall–Kier alpha value is -1.25. The number of carboxylic acid groups (broad SMARTS) is 1. The van der Waals surface area contributed by atoms with E-state index < -0.39 is 11.4 Å². The lowest BCUT2D eigenvalue weighted by Gasteiger charge is -2.28. The van der Waals surface area contributed by atoms with Crippen molar-refractivity contribution in [2.45, 2.75) is 47.1 Å². The normalized spacial score (nSPS) is 11.8. The fourth-order valence-corrected chi connectivity index (χ4v) is 2.10. The average Bonchev–Trinajstić information content (AvgIpc) is 2.56. The van der Waals surface area contributed by atoms with E-state index in [4.69, 9.17) is 0 Å². The summed E-state index contributed by atoms with van der Waals surface area (Å²) in [7, 11) is 0. The van der Waals surface area contributed by atoms with Gasteiger partial charge in [0.25, 0.3) is 0 Å². The number of rotatable bonds is 5. The fraction of sp³-hybridized carbons (Fsp3) is 0.615. The molecule has 16 heavy (non-hydrogen) atoms. The summed E-state index contributed by atoms with van der Waals surface area (Å²) in [5.41, 5.74) is 1.63. The molecule has 0 bridgehead atoms. The van der Waals surface area contributed by atoms with Crippen molar-refractivity contribution in [1.82, 2.24) is 4.57 Å². The van der Waals surface area contributed by atoms with Gasteiger partial charge in [-0.3, -0.25) is 4.79 Å². The molecule has 0 amide bonds. The van der Waals surface area contributed by atoms with Gasteiger partial charge >= 0.3 is 5.97 Å². The second-order valence-electron chi connectivity index (χ2n) is 4.49. The number of aryl methyl sites for hydroxylation is 2. The highest BCUT2D eigenvalue weighted by Gasteiger charge is 2.35. The lowest BCUT2D eigenvalue weighted by Crippen LogP contribution is -2.35. The van der Waals surface area contributed by atoms with Gasteiger partial charge in [-0.15, -0.1) is 0 Å². The van der Waals surface area contributed by atoms with Crippen LogP contribution in [0.1, 0.15) is 38.1 Å². The molecule has 90 valence electrons. The van der Waals surface area contributed by atoms with Crippen LogP contribution >= 0.6 is 0 Å². The molecule has 1 aromatic rings. The standard InChI is InChI=1S/C13H21NO2/c1-5-13(6-2,12(15)16)9-14-10(3)7-8-11(14)4/h7-8H,5-6,9H2,1-4H3,(H,15,16). The van der Waals surface area contributed by atoms with Gasteiger partial charge in [0.05, 0.1) is 5.41 Å². The number of hydrogen-bond donors (Lipinski definition) is 1. The van der Waals surface area contributed by atoms with Crippen molar-refractivity contribution in [2.75, 3.05) is 0 Å². The SMILES string of the molecule is CCC(CC)(Cn1c(C)ccc1C)C(=O)O. The number of carboxylic acids is 1. The Morgan fingerprint density at radius 2 is 1.69 bits per heavy atom. The van der Waals surface area contributed by atoms with Crippen LogP contribution in [0.25, 0.3) is 0 Å². The van der Waals surface area contributed by atoms with Crippen molar-refractivity contribution in [3.63, 3.8) is 0 Å². The predicted molar refractivity (Wildman–Crippen MR) is 64.6 cm³/mol. The first-order valence-electron chi connectivity index (χ1n) is 5.83. The van der Waals surface area contributed by atoms with Gasteiger partial charge < -0.3 is 9.67 Å². The van der Waals surface area contributed by atoms with Crippen LogP contribution in [0.3, 0.4) is 0 Å². The molecule has 0 aliphatic heterocycles. The third kappa shape index (κ3) is 2.13. The summed E-state index contributed by atoms with van der Waals surface area (Å²) in [5, 5.41) is 9.39. The smallest absolute Gasteiger partial charge is 0.311 e. The van der Waals surface area contributed by atoms with Gasteiger partial charge in [0.1, 0.15) is 0 Å². The minimum absolute atomic E-state index is 0.569. The van der Waals surface area contributed by atoms with Gasteiger partial charge in [0.15, 0.2) is 0 Å². The van der Waals surface area contributed by atoms with Crippen LogP contribution < -0.4 is 0 Å². The van der Waals surface area contributed by atoms with Crippen molar-refractivity contribution >= 4 is 5.97 Å². The molecule has 0 radical (unpaired) electrons. The molecule has 0 aromatic carbocycles. The highest BCUT2D eigenvalue weighted by atomic mass is 16.4. The lowest BCUT2D eigenvalue weighted by molar-refractivity contribution is -0.150. The van der Waals surface area contributed by atoms with Crippen LogP contribution in [-0.2, 0) is 11.3 Å². The third-order valence-electron chi connectivity index (χ3n) is 3.69. The van der Waals surface area contributed by atoms with Crippen LogP contribution in [0, 0.1) is 19.3 Å². The quantitative estimate of drug-likeness (QED) is 0.833. The first-order chi connectivity index (χ1) is 7.46. The van der Waals surface area contributed by atoms with Gasteiger partial charge in [-0.2, -0.15) is 0 Å². The van der Waals surface area contributed by atoms with E-state index in [-0.39, 0.29) is 0 Å². The molecule has 0 aliphatic rings. The molecule has 1 rings (SSSR count). The zero-order valence-electron chi connectivity index (χ0n) is 10.6. The molecule has 0 spiro atoms. The molecule has 3 nitrogen and oxygen atoms in total. The first kappa shape index (κ1) is 12.8. The van der Waals surface area contributed by atoms with E-state index in [1.165, 1.54) is 0 Å². The van der Waals surface area contributed by atoms with E-state index in [1.807, 2.05) is 39.8 Å². The van der Waals surface area contributed by atoms with Crippen LogP contribution in [0.2, 0.25) is 0 Å². The summed E-state index contributed by atoms with van der Waals surface area (Å²) in [5.74, 6) is -0.690. The van der Waals surface area contributed by atoms with Gasteiger partial charge in [-0.05, 0) is 38.8 Å². The molecular formula is C13H21NO2. The molecule has 0 fully saturated rings. The van der Waals surface area contributed by atoms with Gasteiger partial charge in [-0.1, -0.05) is 13.8 Å². The Kier molecular flexibility index (Phi) is 3.79. The molecule has 0 atom stereocenters. The minimum atomic E-state index is -0.690. The molecule has 0 unspecified atom stereocenters. The van der Waals surface area contributed by atoms with E-state index in [0.29, 0.717) is 19.4 Å². The van der Waals surface area contributed by atoms with Gasteiger partial charge in [-0.25, -0.2) is 0 Å². The van der Waals surface area contributed by atoms with E-state index in [2.05, 4.69) is 4.57 Å². The largest absolute Gasteiger partial charge is 0.481 e. The maximum atomic E-state index is 11.4. The van der Waals surface area contributed by atoms with Crippen molar-refractivity contribution in [3.8, 4) is 0 Å². The third-order valence-corrected chi connectivity index (χ3v) is 3.69. The van der Waals surface area contributed by atoms with Gasteiger partial charge in [0, 0.05) is 17.9 Å². The van der Waals surface area contributed by atoms with Gasteiger partial charge in [0.2, 0.25) is 0 Å². The summed E-state index contributed by atoms with van der Waals surface area (Å²) >= 11 is 0. The van der Waals surface area contributed by atoms with Crippen LogP contribution in [0.5, 0.6) is 0 Å². The molecule has 1 heterocycles. The summed E-state index contributed by atoms with van der Waals surface area (Å²) < 4.78 is 2.10. The monoisotopic (exact) mass is 223 g/mol. The van der Waals surface area contributed by atoms with E-state index in [0.717, 1.165) is 11.4 Å². The number of aliphatic carboxylic acids is 1. The van der Waals surface area contributed by atoms with Crippen molar-refractivity contribution in [1.29, 1.82) is 0 Å². The van der Waals surface area contributed by atoms with E-state index >= 15 is 0 Å². The zero-order valence-corrected chi connectivity index (χ0v) is 10.6. The Bertz CT molecular complexity index is 356. The summed E-state index contributed by atoms with van der Waals surface area (Å²) in [4.78, 5) is 11.4. The highest BCUT2D eigenvalue weighted by Crippen LogP contribution is 2.30. The van der Waals surface area contributed by atoms with E-state index in [9.17, 15) is 9.90 Å². The van der Waals surface area contributed by atoms with Crippen molar-refractivity contribution < 1.29 is 9.90 Å². The number of carbonyl (C=O) groups is 1. The van der Waals surface area contributed by atoms with Crippen LogP contribution in [0.4, 0.5) is 0 Å². The zero-order chi connectivity index (χ0) is 12.3. The summed E-state index contributed by atoms with van der Waals surface area (Å²) in [6.07, 6.45) is 1.33. The topological polar surface area (TPSA) is 42.2 Å². The van der Waals surface area contributed by atoms with Crippen molar-refractivity contribution in [3.05, 3.63) is 23.5 Å². The van der Waals surface area contributed by atoms with Crippen LogP contribution in [-0.4, -0.2) is 15.6 Å². The Balaban J connectivity index is 3.05. The van der Waals surface area contributed by atoms with Crippen LogP contribution in [0.15, 0.2) is 12.1 Å². The number of nitrogens with zero attached hydrogens (tertiary/aromatic N) is 1. The number of aromatic nitrogens is 1. The minimum Gasteiger partial charge on any atom is -0.481 e. The molecule has 0 saturated heterocycles. The number of hydrogen-bond acceptors (Lipinski definition) is 1. The first-order valence-corrected chi connectivity index (χ1v) is 5.83. The fourth-order valence-electron chi connectivity index (χ4n) is 2.10. The van der Waals surface area contributed by atoms with E-state index in [1.54, 1.807) is 0 Å². The summed E-state index contributed by atoms with van der Waals surface area (Å²) in [6.45, 7) is 8.51. The molecular weight excluding hydrogens is 202 g/mol. The second-order valence-corrected chi connectivity index (χ2v) is 4.49. The van der Waals surface area contributed by atoms with Crippen molar-refractivity contribution in [2.24, 2.45) is 5.41 Å². The predicted octanol–water partition coefficient (Wildman–Crippen LogP) is 3.00. The second kappa shape index (κ2) is 4.73. The molecule has 0 aliphatic carbocycles. The average molecular weight is 223 g/mol. The Morgan fingerprint density at radius 1 is 1.25 bits per heavy atom. The Labute approximate surface area is 97.1 Å². The lowest BCUT2D eigenvalue weighted by atomic mass is 9.82. The molecule has 1 N–H and O–H groups in total. The molecule has 3 heteroatoms. The maximum absolute atomic E-state index is 11.4.